The second kappa shape index (κ2) is 8.21. The van der Waals surface area contributed by atoms with Gasteiger partial charge in [0.2, 0.25) is 5.91 Å². The lowest BCUT2D eigenvalue weighted by atomic mass is 10.1. The minimum atomic E-state index is -0.185. The van der Waals surface area contributed by atoms with Gasteiger partial charge in [-0.05, 0) is 24.8 Å². The van der Waals surface area contributed by atoms with E-state index in [1.165, 1.54) is 0 Å². The lowest BCUT2D eigenvalue weighted by Gasteiger charge is -2.00. The van der Waals surface area contributed by atoms with Crippen LogP contribution in [0.3, 0.4) is 0 Å². The molecule has 1 rings (SSSR count). The fourth-order valence-electron chi connectivity index (χ4n) is 1.21. The number of nitrogens with two attached hydrogens (primary N) is 1. The quantitative estimate of drug-likeness (QED) is 0.775. The van der Waals surface area contributed by atoms with Gasteiger partial charge in [-0.15, -0.1) is 0 Å². The molecule has 0 unspecified atom stereocenters. The van der Waals surface area contributed by atoms with Crippen molar-refractivity contribution >= 4 is 11.7 Å². The summed E-state index contributed by atoms with van der Waals surface area (Å²) in [6.07, 6.45) is 7.81. The predicted molar refractivity (Wildman–Crippen MR) is 61.3 cm³/mol. The molecule has 0 atom stereocenters. The number of carbonyl (C=O) groups is 2. The Morgan fingerprint density at radius 3 is 2.47 bits per heavy atom. The topological polar surface area (TPSA) is 60.2 Å². The van der Waals surface area contributed by atoms with Crippen LogP contribution in [0.4, 0.5) is 0 Å². The summed E-state index contributed by atoms with van der Waals surface area (Å²) < 4.78 is 0. The molecule has 0 aliphatic heterocycles. The van der Waals surface area contributed by atoms with Crippen LogP contribution in [0.1, 0.15) is 46.0 Å². The van der Waals surface area contributed by atoms with E-state index in [1.807, 2.05) is 6.08 Å². The van der Waals surface area contributed by atoms with E-state index in [-0.39, 0.29) is 11.7 Å². The maximum Gasteiger partial charge on any atom is 0.217 e. The third-order valence-corrected chi connectivity index (χ3v) is 2.07. The monoisotopic (exact) mass is 211 g/mol. The minimum absolute atomic E-state index is 0.185. The smallest absolute Gasteiger partial charge is 0.217 e. The Morgan fingerprint density at radius 1 is 1.53 bits per heavy atom. The van der Waals surface area contributed by atoms with Gasteiger partial charge in [0.05, 0.1) is 0 Å². The minimum Gasteiger partial charge on any atom is -0.370 e. The number of ketones is 1. The highest BCUT2D eigenvalue weighted by molar-refractivity contribution is 5.91. The third kappa shape index (κ3) is 10.8. The Hall–Kier alpha value is -1.12. The van der Waals surface area contributed by atoms with E-state index in [2.05, 4.69) is 13.8 Å². The molecule has 3 heteroatoms. The van der Waals surface area contributed by atoms with Gasteiger partial charge in [0.15, 0.2) is 5.78 Å². The molecule has 1 amide bonds. The Balaban J connectivity index is 0.000000280. The molecule has 1 aliphatic carbocycles. The van der Waals surface area contributed by atoms with Crippen LogP contribution in [0.25, 0.3) is 0 Å². The van der Waals surface area contributed by atoms with Crippen LogP contribution in [-0.4, -0.2) is 11.7 Å². The first-order valence-corrected chi connectivity index (χ1v) is 5.50. The van der Waals surface area contributed by atoms with Crippen molar-refractivity contribution in [2.75, 3.05) is 0 Å². The third-order valence-electron chi connectivity index (χ3n) is 2.07. The second-order valence-electron chi connectivity index (χ2n) is 4.16. The summed E-state index contributed by atoms with van der Waals surface area (Å²) in [7, 11) is 0. The molecular formula is C12H21NO2. The van der Waals surface area contributed by atoms with E-state index in [4.69, 9.17) is 5.73 Å². The largest absolute Gasteiger partial charge is 0.370 e. The van der Waals surface area contributed by atoms with Crippen molar-refractivity contribution in [2.45, 2.75) is 46.0 Å². The zero-order chi connectivity index (χ0) is 11.7. The van der Waals surface area contributed by atoms with E-state index in [9.17, 15) is 9.59 Å². The summed E-state index contributed by atoms with van der Waals surface area (Å²) in [5.74, 6) is 0.773. The van der Waals surface area contributed by atoms with Gasteiger partial charge in [0.1, 0.15) is 0 Å². The van der Waals surface area contributed by atoms with Gasteiger partial charge in [-0.1, -0.05) is 26.3 Å². The van der Waals surface area contributed by atoms with E-state index >= 15 is 0 Å². The first-order valence-electron chi connectivity index (χ1n) is 5.50. The summed E-state index contributed by atoms with van der Waals surface area (Å²) in [5, 5.41) is 0. The Labute approximate surface area is 91.7 Å². The van der Waals surface area contributed by atoms with Crippen LogP contribution >= 0.6 is 0 Å². The molecule has 0 aromatic carbocycles. The molecule has 0 aromatic rings. The van der Waals surface area contributed by atoms with Gasteiger partial charge in [-0.25, -0.2) is 0 Å². The molecule has 0 radical (unpaired) electrons. The summed E-state index contributed by atoms with van der Waals surface area (Å²) in [6, 6.07) is 0. The molecule has 86 valence electrons. The molecule has 0 saturated carbocycles. The molecule has 15 heavy (non-hydrogen) atoms. The normalized spacial score (nSPS) is 13.9. The molecule has 2 N–H and O–H groups in total. The first kappa shape index (κ1) is 13.9. The Morgan fingerprint density at radius 2 is 2.20 bits per heavy atom. The van der Waals surface area contributed by atoms with Crippen molar-refractivity contribution in [1.82, 2.24) is 0 Å². The fourth-order valence-corrected chi connectivity index (χ4v) is 1.21. The average Bonchev–Trinajstić information content (AvgIpc) is 2.55. The molecule has 0 bridgehead atoms. The summed E-state index contributed by atoms with van der Waals surface area (Å²) in [6.45, 7) is 4.28. The van der Waals surface area contributed by atoms with Crippen LogP contribution < -0.4 is 5.73 Å². The molecule has 1 aliphatic rings. The van der Waals surface area contributed by atoms with E-state index in [0.717, 1.165) is 25.7 Å². The highest BCUT2D eigenvalue weighted by Gasteiger charge is 1.98. The van der Waals surface area contributed by atoms with Crippen LogP contribution in [0.2, 0.25) is 0 Å². The van der Waals surface area contributed by atoms with Crippen molar-refractivity contribution in [3.05, 3.63) is 12.2 Å². The van der Waals surface area contributed by atoms with Crippen LogP contribution in [0, 0.1) is 5.92 Å². The van der Waals surface area contributed by atoms with Gasteiger partial charge in [-0.2, -0.15) is 0 Å². The lowest BCUT2D eigenvalue weighted by molar-refractivity contribution is -0.118. The number of amides is 1. The molecular weight excluding hydrogens is 190 g/mol. The van der Waals surface area contributed by atoms with Crippen LogP contribution in [0.5, 0.6) is 0 Å². The number of hydrogen-bond acceptors (Lipinski definition) is 2. The Kier molecular flexibility index (Phi) is 7.60. The standard InChI is InChI=1S/C7H15NO.C5H6O/c1-6(2)4-3-5-7(8)9;6-5-3-1-2-4-5/h6H,3-5H2,1-2H3,(H2,8,9);1,3H,2,4H2. The van der Waals surface area contributed by atoms with E-state index in [1.54, 1.807) is 6.08 Å². The zero-order valence-corrected chi connectivity index (χ0v) is 9.66. The molecule has 0 saturated heterocycles. The summed E-state index contributed by atoms with van der Waals surface area (Å²) in [4.78, 5) is 20.4. The number of hydrogen-bond donors (Lipinski definition) is 1. The fraction of sp³-hybridized carbons (Fsp3) is 0.667. The number of rotatable bonds is 4. The lowest BCUT2D eigenvalue weighted by Crippen LogP contribution is -2.09. The number of carbonyl (C=O) groups excluding carboxylic acids is 2. The van der Waals surface area contributed by atoms with Crippen molar-refractivity contribution in [3.8, 4) is 0 Å². The highest BCUT2D eigenvalue weighted by atomic mass is 16.1. The van der Waals surface area contributed by atoms with Crippen molar-refractivity contribution in [3.63, 3.8) is 0 Å². The summed E-state index contributed by atoms with van der Waals surface area (Å²) >= 11 is 0. The maximum atomic E-state index is 10.2. The second-order valence-corrected chi connectivity index (χ2v) is 4.16. The SMILES string of the molecule is CC(C)CCCC(N)=O.O=C1C=CCC1. The number of primary amides is 1. The van der Waals surface area contributed by atoms with Gasteiger partial charge >= 0.3 is 0 Å². The van der Waals surface area contributed by atoms with Crippen LogP contribution in [-0.2, 0) is 9.59 Å². The molecule has 0 spiro atoms. The van der Waals surface area contributed by atoms with Gasteiger partial charge in [0.25, 0.3) is 0 Å². The first-order chi connectivity index (χ1) is 7.02. The Bertz CT molecular complexity index is 232. The van der Waals surface area contributed by atoms with E-state index < -0.39 is 0 Å². The van der Waals surface area contributed by atoms with Crippen molar-refractivity contribution < 1.29 is 9.59 Å². The van der Waals surface area contributed by atoms with Crippen molar-refractivity contribution in [1.29, 1.82) is 0 Å². The van der Waals surface area contributed by atoms with Crippen molar-refractivity contribution in [2.24, 2.45) is 11.7 Å². The van der Waals surface area contributed by atoms with Gasteiger partial charge < -0.3 is 5.73 Å². The molecule has 0 aromatic heterocycles. The predicted octanol–water partition coefficient (Wildman–Crippen LogP) is 2.20. The maximum absolute atomic E-state index is 10.2. The van der Waals surface area contributed by atoms with Gasteiger partial charge in [-0.3, -0.25) is 9.59 Å². The van der Waals surface area contributed by atoms with Crippen LogP contribution in [0.15, 0.2) is 12.2 Å². The zero-order valence-electron chi connectivity index (χ0n) is 9.66. The number of allylic oxidation sites excluding steroid dienone is 2. The summed E-state index contributed by atoms with van der Waals surface area (Å²) in [5.41, 5.74) is 4.94. The highest BCUT2D eigenvalue weighted by Crippen LogP contribution is 2.04. The molecule has 0 heterocycles. The molecule has 3 nitrogen and oxygen atoms in total. The average molecular weight is 211 g/mol. The van der Waals surface area contributed by atoms with E-state index in [0.29, 0.717) is 12.3 Å². The van der Waals surface area contributed by atoms with Gasteiger partial charge in [0, 0.05) is 12.8 Å². The molecule has 0 fully saturated rings.